The molecule has 1 fully saturated rings. The number of carboxylic acid groups (broad SMARTS) is 1. The molecule has 2 rings (SSSR count). The number of hydrogen-bond donors (Lipinski definition) is 2. The zero-order valence-corrected chi connectivity index (χ0v) is 9.52. The van der Waals surface area contributed by atoms with E-state index in [2.05, 4.69) is 5.32 Å². The summed E-state index contributed by atoms with van der Waals surface area (Å²) < 4.78 is 0. The molecule has 1 aliphatic heterocycles. The van der Waals surface area contributed by atoms with Crippen LogP contribution in [0.25, 0.3) is 0 Å². The Labute approximate surface area is 101 Å². The van der Waals surface area contributed by atoms with Gasteiger partial charge >= 0.3 is 5.97 Å². The number of nitrogens with one attached hydrogen (secondary N) is 1. The highest BCUT2D eigenvalue weighted by Gasteiger charge is 2.30. The molecule has 1 aliphatic rings. The van der Waals surface area contributed by atoms with Gasteiger partial charge in [0.1, 0.15) is 6.04 Å². The van der Waals surface area contributed by atoms with Crippen molar-refractivity contribution in [3.63, 3.8) is 0 Å². The molecule has 0 saturated carbocycles. The van der Waals surface area contributed by atoms with Crippen molar-refractivity contribution >= 4 is 23.4 Å². The summed E-state index contributed by atoms with van der Waals surface area (Å²) >= 11 is 1.48. The smallest absolute Gasteiger partial charge is 0.321 e. The maximum atomic E-state index is 10.8. The number of carbonyl (C=O) groups is 1. The van der Waals surface area contributed by atoms with Crippen molar-refractivity contribution in [2.75, 3.05) is 5.75 Å². The zero-order chi connectivity index (χ0) is 12.4. The highest BCUT2D eigenvalue weighted by Crippen LogP contribution is 2.33. The molecule has 1 saturated heterocycles. The number of benzene rings is 1. The van der Waals surface area contributed by atoms with E-state index in [1.165, 1.54) is 23.9 Å². The van der Waals surface area contributed by atoms with Gasteiger partial charge in [0.2, 0.25) is 0 Å². The lowest BCUT2D eigenvalue weighted by molar-refractivity contribution is -0.384. The van der Waals surface area contributed by atoms with Crippen LogP contribution in [0, 0.1) is 10.1 Å². The Kier molecular flexibility index (Phi) is 3.30. The first kappa shape index (κ1) is 11.9. The van der Waals surface area contributed by atoms with Gasteiger partial charge in [-0.3, -0.25) is 20.2 Å². The summed E-state index contributed by atoms with van der Waals surface area (Å²) in [4.78, 5) is 20.8. The van der Waals surface area contributed by atoms with E-state index in [4.69, 9.17) is 5.11 Å². The van der Waals surface area contributed by atoms with Crippen LogP contribution < -0.4 is 5.32 Å². The fraction of sp³-hybridized carbons (Fsp3) is 0.300. The fourth-order valence-electron chi connectivity index (χ4n) is 1.58. The molecule has 0 radical (unpaired) electrons. The van der Waals surface area contributed by atoms with Crippen molar-refractivity contribution in [2.45, 2.75) is 11.4 Å². The molecule has 2 atom stereocenters. The molecule has 1 aromatic carbocycles. The Bertz CT molecular complexity index is 448. The largest absolute Gasteiger partial charge is 0.480 e. The van der Waals surface area contributed by atoms with Gasteiger partial charge in [0, 0.05) is 17.9 Å². The minimum Gasteiger partial charge on any atom is -0.480 e. The second-order valence-electron chi connectivity index (χ2n) is 3.62. The average Bonchev–Trinajstić information content (AvgIpc) is 2.78. The molecule has 0 aliphatic carbocycles. The van der Waals surface area contributed by atoms with E-state index in [0.29, 0.717) is 5.75 Å². The lowest BCUT2D eigenvalue weighted by Gasteiger charge is -2.10. The third kappa shape index (κ3) is 2.56. The van der Waals surface area contributed by atoms with Gasteiger partial charge in [0.05, 0.1) is 10.3 Å². The highest BCUT2D eigenvalue weighted by atomic mass is 32.2. The molecule has 17 heavy (non-hydrogen) atoms. The molecule has 0 aromatic heterocycles. The number of nitro benzene ring substituents is 1. The van der Waals surface area contributed by atoms with Crippen molar-refractivity contribution in [3.8, 4) is 0 Å². The SMILES string of the molecule is O=C(O)[C@@H]1CSC(c2ccc([N+](=O)[O-])cc2)N1. The maximum Gasteiger partial charge on any atom is 0.321 e. The van der Waals surface area contributed by atoms with Crippen LogP contribution in [-0.4, -0.2) is 27.8 Å². The Balaban J connectivity index is 2.09. The predicted molar refractivity (Wildman–Crippen MR) is 62.9 cm³/mol. The Hall–Kier alpha value is -1.60. The molecule has 6 nitrogen and oxygen atoms in total. The van der Waals surface area contributed by atoms with Crippen LogP contribution in [0.3, 0.4) is 0 Å². The van der Waals surface area contributed by atoms with E-state index in [9.17, 15) is 14.9 Å². The van der Waals surface area contributed by atoms with Crippen LogP contribution >= 0.6 is 11.8 Å². The molecule has 90 valence electrons. The highest BCUT2D eigenvalue weighted by molar-refractivity contribution is 7.99. The van der Waals surface area contributed by atoms with Crippen LogP contribution in [0.15, 0.2) is 24.3 Å². The fourth-order valence-corrected chi connectivity index (χ4v) is 2.81. The van der Waals surface area contributed by atoms with E-state index in [1.54, 1.807) is 12.1 Å². The van der Waals surface area contributed by atoms with Gasteiger partial charge in [-0.05, 0) is 17.7 Å². The number of rotatable bonds is 3. The molecule has 1 heterocycles. The lowest BCUT2D eigenvalue weighted by atomic mass is 10.2. The Morgan fingerprint density at radius 3 is 2.59 bits per heavy atom. The van der Waals surface area contributed by atoms with Gasteiger partial charge in [0.25, 0.3) is 5.69 Å². The molecule has 1 unspecified atom stereocenters. The minimum atomic E-state index is -0.873. The number of carboxylic acids is 1. The molecular weight excluding hydrogens is 244 g/mol. The second kappa shape index (κ2) is 4.72. The van der Waals surface area contributed by atoms with Crippen LogP contribution in [0.2, 0.25) is 0 Å². The van der Waals surface area contributed by atoms with E-state index >= 15 is 0 Å². The molecule has 7 heteroatoms. The first-order chi connectivity index (χ1) is 8.08. The van der Waals surface area contributed by atoms with Gasteiger partial charge in [-0.15, -0.1) is 11.8 Å². The van der Waals surface area contributed by atoms with E-state index in [0.717, 1.165) is 5.56 Å². The minimum absolute atomic E-state index is 0.0338. The van der Waals surface area contributed by atoms with Crippen LogP contribution in [0.5, 0.6) is 0 Å². The van der Waals surface area contributed by atoms with Crippen molar-refractivity contribution in [3.05, 3.63) is 39.9 Å². The summed E-state index contributed by atoms with van der Waals surface area (Å²) in [5, 5.41) is 22.1. The summed E-state index contributed by atoms with van der Waals surface area (Å²) in [6, 6.07) is 5.58. The summed E-state index contributed by atoms with van der Waals surface area (Å²) in [5.41, 5.74) is 0.885. The number of aliphatic carboxylic acids is 1. The molecule has 2 N–H and O–H groups in total. The van der Waals surface area contributed by atoms with Crippen LogP contribution in [0.1, 0.15) is 10.9 Å². The van der Waals surface area contributed by atoms with Gasteiger partial charge in [-0.2, -0.15) is 0 Å². The van der Waals surface area contributed by atoms with E-state index in [-0.39, 0.29) is 11.1 Å². The van der Waals surface area contributed by atoms with Crippen molar-refractivity contribution in [1.82, 2.24) is 5.32 Å². The second-order valence-corrected chi connectivity index (χ2v) is 4.76. The van der Waals surface area contributed by atoms with Gasteiger partial charge in [-0.1, -0.05) is 0 Å². The summed E-state index contributed by atoms with van der Waals surface area (Å²) in [6.45, 7) is 0. The van der Waals surface area contributed by atoms with Crippen LogP contribution in [0.4, 0.5) is 5.69 Å². The number of thioether (sulfide) groups is 1. The van der Waals surface area contributed by atoms with Gasteiger partial charge in [-0.25, -0.2) is 0 Å². The molecule has 0 spiro atoms. The van der Waals surface area contributed by atoms with Gasteiger partial charge < -0.3 is 5.11 Å². The maximum absolute atomic E-state index is 10.8. The first-order valence-electron chi connectivity index (χ1n) is 4.93. The Morgan fingerprint density at radius 2 is 2.12 bits per heavy atom. The van der Waals surface area contributed by atoms with Crippen molar-refractivity contribution < 1.29 is 14.8 Å². The number of hydrogen-bond acceptors (Lipinski definition) is 5. The summed E-state index contributed by atoms with van der Waals surface area (Å²) in [6.07, 6.45) is 0. The average molecular weight is 254 g/mol. The quantitative estimate of drug-likeness (QED) is 0.625. The third-order valence-electron chi connectivity index (χ3n) is 2.49. The number of non-ortho nitro benzene ring substituents is 1. The molecular formula is C10H10N2O4S. The van der Waals surface area contributed by atoms with E-state index in [1.807, 2.05) is 0 Å². The number of nitro groups is 1. The van der Waals surface area contributed by atoms with Crippen LogP contribution in [-0.2, 0) is 4.79 Å². The molecule has 1 aromatic rings. The van der Waals surface area contributed by atoms with Crippen molar-refractivity contribution in [2.24, 2.45) is 0 Å². The first-order valence-corrected chi connectivity index (χ1v) is 5.97. The topological polar surface area (TPSA) is 92.5 Å². The van der Waals surface area contributed by atoms with Gasteiger partial charge in [0.15, 0.2) is 0 Å². The zero-order valence-electron chi connectivity index (χ0n) is 8.70. The normalized spacial score (nSPS) is 23.5. The summed E-state index contributed by atoms with van der Waals surface area (Å²) in [5.74, 6) is -0.376. The standard InChI is InChI=1S/C10H10N2O4S/c13-10(14)8-5-17-9(11-8)6-1-3-7(4-2-6)12(15)16/h1-4,8-9,11H,5H2,(H,13,14)/t8-,9?/m0/s1. The molecule has 0 bridgehead atoms. The monoisotopic (exact) mass is 254 g/mol. The Morgan fingerprint density at radius 1 is 1.47 bits per heavy atom. The van der Waals surface area contributed by atoms with E-state index < -0.39 is 16.9 Å². The summed E-state index contributed by atoms with van der Waals surface area (Å²) in [7, 11) is 0. The third-order valence-corrected chi connectivity index (χ3v) is 3.75. The predicted octanol–water partition coefficient (Wildman–Crippen LogP) is 1.38. The van der Waals surface area contributed by atoms with Crippen molar-refractivity contribution in [1.29, 1.82) is 0 Å². The molecule has 0 amide bonds. The lowest BCUT2D eigenvalue weighted by Crippen LogP contribution is -2.33. The number of nitrogens with zero attached hydrogens (tertiary/aromatic N) is 1.